The van der Waals surface area contributed by atoms with Crippen LogP contribution in [0, 0.1) is 0 Å². The normalized spacial score (nSPS) is 15.4. The number of ether oxygens (including phenoxy) is 5. The van der Waals surface area contributed by atoms with Crippen molar-refractivity contribution in [1.82, 2.24) is 0 Å². The number of esters is 3. The first-order valence-electron chi connectivity index (χ1n) is 17.8. The van der Waals surface area contributed by atoms with Gasteiger partial charge in [-0.25, -0.2) is 9.59 Å². The van der Waals surface area contributed by atoms with Crippen molar-refractivity contribution in [2.45, 2.75) is 109 Å². The quantitative estimate of drug-likeness (QED) is 0.0756. The number of benzene rings is 2. The fourth-order valence-corrected chi connectivity index (χ4v) is 6.00. The predicted molar refractivity (Wildman–Crippen MR) is 200 cm³/mol. The second-order valence-corrected chi connectivity index (χ2v) is 13.6. The van der Waals surface area contributed by atoms with E-state index >= 15 is 0 Å². The molecule has 0 aliphatic heterocycles. The molecule has 0 aliphatic carbocycles. The first-order valence-corrected chi connectivity index (χ1v) is 17.8. The zero-order chi connectivity index (χ0) is 40.5. The highest BCUT2D eigenvalue weighted by Gasteiger charge is 2.64. The lowest BCUT2D eigenvalue weighted by Crippen LogP contribution is -2.54. The Morgan fingerprint density at radius 3 is 2.07 bits per heavy atom. The molecule has 0 radical (unpaired) electrons. The van der Waals surface area contributed by atoms with Gasteiger partial charge in [0, 0.05) is 12.7 Å². The monoisotopic (exact) mass is 760 g/mol. The van der Waals surface area contributed by atoms with E-state index in [1.165, 1.54) is 39.3 Å². The van der Waals surface area contributed by atoms with Crippen LogP contribution >= 0.6 is 0 Å². The number of carbonyl (C=O) groups is 3. The highest BCUT2D eigenvalue weighted by Crippen LogP contribution is 2.44. The van der Waals surface area contributed by atoms with Gasteiger partial charge < -0.3 is 28.8 Å². The van der Waals surface area contributed by atoms with Crippen LogP contribution in [0.4, 0.5) is 13.2 Å². The second-order valence-electron chi connectivity index (χ2n) is 13.6. The Hall–Kier alpha value is -4.42. The van der Waals surface area contributed by atoms with Crippen molar-refractivity contribution >= 4 is 17.9 Å². The van der Waals surface area contributed by atoms with Crippen LogP contribution in [-0.4, -0.2) is 69.3 Å². The molecule has 54 heavy (non-hydrogen) atoms. The van der Waals surface area contributed by atoms with Crippen molar-refractivity contribution in [3.63, 3.8) is 0 Å². The van der Waals surface area contributed by atoms with E-state index in [-0.39, 0.29) is 19.3 Å². The van der Waals surface area contributed by atoms with Crippen molar-refractivity contribution in [2.24, 2.45) is 0 Å². The van der Waals surface area contributed by atoms with Gasteiger partial charge in [-0.2, -0.15) is 13.2 Å². The summed E-state index contributed by atoms with van der Waals surface area (Å²) in [6.07, 6.45) is 2.72. The number of alkyl halides is 3. The van der Waals surface area contributed by atoms with Crippen molar-refractivity contribution in [3.8, 4) is 5.75 Å². The smallest absolute Gasteiger partial charge is 0.432 e. The van der Waals surface area contributed by atoms with E-state index in [0.717, 1.165) is 41.5 Å². The molecule has 0 aromatic heterocycles. The lowest BCUT2D eigenvalue weighted by atomic mass is 9.87. The highest BCUT2D eigenvalue weighted by molar-refractivity contribution is 5.89. The molecule has 0 spiro atoms. The third-order valence-corrected chi connectivity index (χ3v) is 9.42. The highest BCUT2D eigenvalue weighted by atomic mass is 19.4. The van der Waals surface area contributed by atoms with Gasteiger partial charge in [-0.3, -0.25) is 4.79 Å². The molecule has 0 saturated carbocycles. The standard InChI is InChI=1S/C42H55F3O9/c1-29(19-22-32-28-33(38(47)52-7)23-24-35(32)50-5)14-12-15-30(2)20-25-36(40(4,49)27-13-16-31(3)21-26-37(46)51-6)54-39(48)41(53-8,42(43,44)45)34-17-10-9-11-18-34/h9-11,15,17-19,21,23-24,28,36,49H,12-14,16,20,22,25-27H2,1-8H3/b29-19+,30-15+,31-21-/t36-,40+,41+/m0/s1. The average molecular weight is 761 g/mol. The number of carbonyl (C=O) groups excluding carboxylic acids is 3. The minimum absolute atomic E-state index is 0.0514. The molecule has 0 amide bonds. The molecular formula is C42H55F3O9. The van der Waals surface area contributed by atoms with Crippen molar-refractivity contribution in [1.29, 1.82) is 0 Å². The number of allylic oxidation sites excluding steroid dienone is 5. The molecular weight excluding hydrogens is 705 g/mol. The number of hydrogen-bond acceptors (Lipinski definition) is 9. The minimum Gasteiger partial charge on any atom is -0.496 e. The molecule has 0 unspecified atom stereocenters. The third kappa shape index (κ3) is 13.2. The van der Waals surface area contributed by atoms with E-state index in [9.17, 15) is 32.7 Å². The van der Waals surface area contributed by atoms with Gasteiger partial charge >= 0.3 is 24.1 Å². The van der Waals surface area contributed by atoms with Gasteiger partial charge in [-0.15, -0.1) is 0 Å². The maximum atomic E-state index is 14.7. The first-order chi connectivity index (χ1) is 25.4. The molecule has 2 rings (SSSR count). The third-order valence-electron chi connectivity index (χ3n) is 9.42. The van der Waals surface area contributed by atoms with Crippen LogP contribution in [-0.2, 0) is 40.6 Å². The molecule has 0 heterocycles. The predicted octanol–water partition coefficient (Wildman–Crippen LogP) is 8.92. The van der Waals surface area contributed by atoms with E-state index in [1.807, 2.05) is 26.8 Å². The van der Waals surface area contributed by atoms with Gasteiger partial charge in [0.15, 0.2) is 0 Å². The van der Waals surface area contributed by atoms with Crippen LogP contribution in [0.3, 0.4) is 0 Å². The fraction of sp³-hybridized carbons (Fsp3) is 0.500. The Morgan fingerprint density at radius 1 is 0.833 bits per heavy atom. The van der Waals surface area contributed by atoms with Crippen molar-refractivity contribution < 1.29 is 56.3 Å². The number of aliphatic hydroxyl groups is 1. The Kier molecular flexibility index (Phi) is 18.2. The van der Waals surface area contributed by atoms with Gasteiger partial charge in [-0.1, -0.05) is 65.3 Å². The first kappa shape index (κ1) is 45.7. The van der Waals surface area contributed by atoms with E-state index < -0.39 is 47.0 Å². The summed E-state index contributed by atoms with van der Waals surface area (Å²) in [7, 11) is 4.99. The van der Waals surface area contributed by atoms with Crippen LogP contribution in [0.15, 0.2) is 83.5 Å². The van der Waals surface area contributed by atoms with E-state index in [2.05, 4.69) is 10.8 Å². The molecule has 9 nitrogen and oxygen atoms in total. The summed E-state index contributed by atoms with van der Waals surface area (Å²) >= 11 is 0. The zero-order valence-corrected chi connectivity index (χ0v) is 32.6. The molecule has 3 atom stereocenters. The number of rotatable bonds is 21. The van der Waals surface area contributed by atoms with Crippen LogP contribution < -0.4 is 4.74 Å². The number of methoxy groups -OCH3 is 4. The van der Waals surface area contributed by atoms with E-state index in [4.69, 9.17) is 18.9 Å². The van der Waals surface area contributed by atoms with Crippen LogP contribution in [0.1, 0.15) is 101 Å². The molecule has 0 bridgehead atoms. The lowest BCUT2D eigenvalue weighted by Gasteiger charge is -2.38. The van der Waals surface area contributed by atoms with Gasteiger partial charge in [0.05, 0.1) is 38.9 Å². The topological polar surface area (TPSA) is 118 Å². The van der Waals surface area contributed by atoms with E-state index in [1.54, 1.807) is 31.4 Å². The molecule has 12 heteroatoms. The Labute approximate surface area is 317 Å². The summed E-state index contributed by atoms with van der Waals surface area (Å²) in [5.41, 5.74) is -1.41. The summed E-state index contributed by atoms with van der Waals surface area (Å²) in [5, 5.41) is 11.7. The van der Waals surface area contributed by atoms with Gasteiger partial charge in [0.25, 0.3) is 5.60 Å². The van der Waals surface area contributed by atoms with Crippen molar-refractivity contribution in [3.05, 3.63) is 100 Å². The number of halogens is 3. The summed E-state index contributed by atoms with van der Waals surface area (Å²) in [4.78, 5) is 37.2. The van der Waals surface area contributed by atoms with E-state index in [0.29, 0.717) is 49.8 Å². The Balaban J connectivity index is 2.24. The molecule has 2 aromatic rings. The molecule has 298 valence electrons. The van der Waals surface area contributed by atoms with Crippen LogP contribution in [0.25, 0.3) is 0 Å². The molecule has 1 N–H and O–H groups in total. The largest absolute Gasteiger partial charge is 0.496 e. The molecule has 0 saturated heterocycles. The van der Waals surface area contributed by atoms with Crippen molar-refractivity contribution in [2.75, 3.05) is 28.4 Å². The maximum Gasteiger partial charge on any atom is 0.432 e. The maximum absolute atomic E-state index is 14.7. The second kappa shape index (κ2) is 21.5. The summed E-state index contributed by atoms with van der Waals surface area (Å²) < 4.78 is 69.7. The van der Waals surface area contributed by atoms with Gasteiger partial charge in [0.1, 0.15) is 11.9 Å². The lowest BCUT2D eigenvalue weighted by molar-refractivity contribution is -0.281. The molecule has 0 aliphatic rings. The summed E-state index contributed by atoms with van der Waals surface area (Å²) in [5.74, 6) is -1.84. The van der Waals surface area contributed by atoms with Gasteiger partial charge in [-0.05, 0) is 103 Å². The molecule has 0 fully saturated rings. The van der Waals surface area contributed by atoms with Crippen LogP contribution in [0.2, 0.25) is 0 Å². The summed E-state index contributed by atoms with van der Waals surface area (Å²) in [6, 6.07) is 11.7. The SMILES string of the molecule is COC(=O)C/C=C(/C)CCC[C@@](C)(O)[C@H](CC/C(C)=C/CC/C(C)=C/Cc1cc(C(=O)OC)ccc1OC)OC(=O)[C@](OC)(c1ccccc1)C(F)(F)F. The zero-order valence-electron chi connectivity index (χ0n) is 32.6. The minimum atomic E-state index is -5.17. The molecule has 2 aromatic carbocycles. The van der Waals surface area contributed by atoms with Gasteiger partial charge in [0.2, 0.25) is 0 Å². The Bertz CT molecular complexity index is 1630. The average Bonchev–Trinajstić information content (AvgIpc) is 3.14. The van der Waals surface area contributed by atoms with Crippen LogP contribution in [0.5, 0.6) is 5.75 Å². The Morgan fingerprint density at radius 2 is 1.48 bits per heavy atom. The number of hydrogen-bond donors (Lipinski definition) is 1. The fourth-order valence-electron chi connectivity index (χ4n) is 6.00. The summed E-state index contributed by atoms with van der Waals surface area (Å²) in [6.45, 7) is 7.15.